The van der Waals surface area contributed by atoms with E-state index in [2.05, 4.69) is 15.6 Å². The number of carbonyl (C=O) groups is 2. The Morgan fingerprint density at radius 1 is 0.930 bits per heavy atom. The number of hydrogen-bond acceptors (Lipinski definition) is 6. The maximum Gasteiger partial charge on any atom is 0.417 e. The van der Waals surface area contributed by atoms with E-state index in [0.717, 1.165) is 17.0 Å². The van der Waals surface area contributed by atoms with Crippen molar-refractivity contribution in [2.75, 3.05) is 22.6 Å². The minimum absolute atomic E-state index is 0.0374. The second-order valence-electron chi connectivity index (χ2n) is 9.09. The van der Waals surface area contributed by atoms with Gasteiger partial charge in [-0.1, -0.05) is 17.7 Å². The highest BCUT2D eigenvalue weighted by Gasteiger charge is 2.33. The zero-order valence-electron chi connectivity index (χ0n) is 22.3. The van der Waals surface area contributed by atoms with Gasteiger partial charge < -0.3 is 20.3 Å². The van der Waals surface area contributed by atoms with Gasteiger partial charge in [0, 0.05) is 30.7 Å². The lowest BCUT2D eigenvalue weighted by Gasteiger charge is -2.20. The molecule has 0 unspecified atom stereocenters. The van der Waals surface area contributed by atoms with Crippen LogP contribution >= 0.6 is 11.6 Å². The van der Waals surface area contributed by atoms with Crippen LogP contribution in [0.4, 0.5) is 35.0 Å². The number of alkyl halides is 3. The number of nitrogens with one attached hydrogen (secondary N) is 2. The fraction of sp³-hybridized carbons (Fsp3) is 0.107. The summed E-state index contributed by atoms with van der Waals surface area (Å²) in [6.07, 6.45) is -3.37. The highest BCUT2D eigenvalue weighted by atomic mass is 35.5. The maximum atomic E-state index is 13.1. The molecular weight excluding hydrogens is 613 g/mol. The summed E-state index contributed by atoms with van der Waals surface area (Å²) in [6, 6.07) is 15.1. The topological polar surface area (TPSA) is 138 Å². The van der Waals surface area contributed by atoms with Crippen molar-refractivity contribution in [2.24, 2.45) is 0 Å². The van der Waals surface area contributed by atoms with Crippen molar-refractivity contribution in [3.8, 4) is 11.5 Å². The Morgan fingerprint density at radius 2 is 1.58 bits per heavy atom. The smallest absolute Gasteiger partial charge is 0.417 e. The number of ether oxygens (including phenoxy) is 1. The molecule has 224 valence electrons. The predicted molar refractivity (Wildman–Crippen MR) is 154 cm³/mol. The van der Waals surface area contributed by atoms with Gasteiger partial charge in [-0.3, -0.25) is 14.3 Å². The summed E-state index contributed by atoms with van der Waals surface area (Å²) >= 11 is 5.60. The lowest BCUT2D eigenvalue weighted by Crippen LogP contribution is -2.28. The van der Waals surface area contributed by atoms with Crippen LogP contribution in [0.3, 0.4) is 0 Å². The summed E-state index contributed by atoms with van der Waals surface area (Å²) in [5, 5.41) is 4.30. The van der Waals surface area contributed by atoms with Crippen molar-refractivity contribution in [3.05, 3.63) is 101 Å². The number of benzene rings is 3. The number of pyridine rings is 1. The molecule has 3 N–H and O–H groups in total. The number of rotatable bonds is 7. The summed E-state index contributed by atoms with van der Waals surface area (Å²) in [6.45, 7) is 1.70. The Balaban J connectivity index is 1.43. The molecule has 1 aromatic heterocycles. The van der Waals surface area contributed by atoms with E-state index in [1.54, 1.807) is 6.92 Å². The van der Waals surface area contributed by atoms with Gasteiger partial charge in [-0.05, 0) is 73.2 Å². The van der Waals surface area contributed by atoms with Gasteiger partial charge in [0.25, 0.3) is 16.0 Å². The van der Waals surface area contributed by atoms with Crippen molar-refractivity contribution in [1.29, 1.82) is 0 Å². The van der Waals surface area contributed by atoms with E-state index in [9.17, 15) is 35.7 Å². The normalized spacial score (nSPS) is 11.5. The van der Waals surface area contributed by atoms with Gasteiger partial charge in [-0.15, -0.1) is 0 Å². The van der Waals surface area contributed by atoms with E-state index >= 15 is 0 Å². The van der Waals surface area contributed by atoms with Gasteiger partial charge in [0.2, 0.25) is 0 Å². The van der Waals surface area contributed by atoms with Gasteiger partial charge in [0.1, 0.15) is 22.1 Å². The maximum absolute atomic E-state index is 13.1. The first kappa shape index (κ1) is 31.3. The number of halogens is 4. The quantitative estimate of drug-likeness (QED) is 0.186. The van der Waals surface area contributed by atoms with Crippen molar-refractivity contribution in [3.63, 3.8) is 0 Å². The highest BCUT2D eigenvalue weighted by molar-refractivity contribution is 7.86. The van der Waals surface area contributed by atoms with Gasteiger partial charge >= 0.3 is 12.2 Å². The number of aromatic nitrogens is 1. The third kappa shape index (κ3) is 7.80. The van der Waals surface area contributed by atoms with Crippen molar-refractivity contribution >= 4 is 50.7 Å². The summed E-state index contributed by atoms with van der Waals surface area (Å²) in [7, 11) is -3.27. The molecule has 3 aromatic carbocycles. The molecule has 1 heterocycles. The molecule has 0 radical (unpaired) electrons. The van der Waals surface area contributed by atoms with E-state index < -0.39 is 43.7 Å². The van der Waals surface area contributed by atoms with Crippen LogP contribution in [0.25, 0.3) is 0 Å². The summed E-state index contributed by atoms with van der Waals surface area (Å²) in [5.74, 6) is -0.147. The second-order valence-corrected chi connectivity index (χ2v) is 10.9. The average molecular weight is 635 g/mol. The third-order valence-corrected chi connectivity index (χ3v) is 7.12. The number of urea groups is 1. The molecule has 0 bridgehead atoms. The Bertz CT molecular complexity index is 1800. The SMILES string of the molecule is Cc1ccc(S(=O)(=O)O)c(N(C)C(=O)c2cc(Oc3ccc(NC(=O)Nc4ccc(Cl)c(C(F)(F)F)c4)cc3)ccn2)c1. The van der Waals surface area contributed by atoms with Gasteiger partial charge in [-0.25, -0.2) is 4.79 Å². The molecule has 0 saturated carbocycles. The first-order valence-electron chi connectivity index (χ1n) is 12.2. The number of aryl methyl sites for hydroxylation is 1. The average Bonchev–Trinajstić information content (AvgIpc) is 2.93. The monoisotopic (exact) mass is 634 g/mol. The Labute approximate surface area is 248 Å². The van der Waals surface area contributed by atoms with E-state index in [1.165, 1.54) is 73.9 Å². The Morgan fingerprint density at radius 3 is 2.23 bits per heavy atom. The van der Waals surface area contributed by atoms with Crippen LogP contribution in [0.1, 0.15) is 21.6 Å². The molecule has 0 atom stereocenters. The van der Waals surface area contributed by atoms with Crippen LogP contribution in [0.2, 0.25) is 5.02 Å². The molecule has 0 aliphatic carbocycles. The molecule has 0 aliphatic rings. The van der Waals surface area contributed by atoms with Crippen molar-refractivity contribution in [1.82, 2.24) is 4.98 Å². The first-order chi connectivity index (χ1) is 20.1. The molecule has 10 nitrogen and oxygen atoms in total. The third-order valence-electron chi connectivity index (χ3n) is 5.89. The summed E-state index contributed by atoms with van der Waals surface area (Å²) < 4.78 is 78.2. The number of hydrogen-bond donors (Lipinski definition) is 3. The van der Waals surface area contributed by atoms with E-state index in [-0.39, 0.29) is 22.8 Å². The molecule has 4 aromatic rings. The molecule has 3 amide bonds. The van der Waals surface area contributed by atoms with Crippen LogP contribution in [0, 0.1) is 6.92 Å². The minimum Gasteiger partial charge on any atom is -0.457 e. The fourth-order valence-electron chi connectivity index (χ4n) is 3.84. The van der Waals surface area contributed by atoms with Crippen LogP contribution in [0.5, 0.6) is 11.5 Å². The van der Waals surface area contributed by atoms with Crippen LogP contribution < -0.4 is 20.3 Å². The predicted octanol–water partition coefficient (Wildman–Crippen LogP) is 7.02. The molecule has 0 fully saturated rings. The van der Waals surface area contributed by atoms with Gasteiger partial charge in [0.05, 0.1) is 16.3 Å². The highest BCUT2D eigenvalue weighted by Crippen LogP contribution is 2.36. The van der Waals surface area contributed by atoms with E-state index in [4.69, 9.17) is 16.3 Å². The first-order valence-corrected chi connectivity index (χ1v) is 14.0. The Kier molecular flexibility index (Phi) is 8.94. The zero-order valence-corrected chi connectivity index (χ0v) is 23.9. The van der Waals surface area contributed by atoms with Gasteiger partial charge in [0.15, 0.2) is 0 Å². The lowest BCUT2D eigenvalue weighted by atomic mass is 10.2. The van der Waals surface area contributed by atoms with E-state index in [1.807, 2.05) is 0 Å². The molecule has 0 spiro atoms. The zero-order chi connectivity index (χ0) is 31.5. The minimum atomic E-state index is -4.69. The standard InChI is InChI=1S/C28H22ClF3N4O6S/c1-16-3-10-25(43(39,40)41)24(13-16)36(2)26(37)23-15-20(11-12-33-23)42-19-7-4-17(5-8-19)34-27(38)35-18-6-9-22(29)21(14-18)28(30,31)32/h3-15H,1-2H3,(H2,34,35,38)(H,39,40,41). The van der Waals surface area contributed by atoms with Crippen molar-refractivity contribution < 1.29 is 40.5 Å². The number of anilines is 3. The van der Waals surface area contributed by atoms with Crippen LogP contribution in [0.15, 0.2) is 83.9 Å². The number of carbonyl (C=O) groups excluding carboxylic acids is 2. The van der Waals surface area contributed by atoms with Crippen LogP contribution in [-0.4, -0.2) is 36.9 Å². The largest absolute Gasteiger partial charge is 0.457 e. The molecule has 43 heavy (non-hydrogen) atoms. The summed E-state index contributed by atoms with van der Waals surface area (Å²) in [4.78, 5) is 30.1. The Hall–Kier alpha value is -4.66. The fourth-order valence-corrected chi connectivity index (χ4v) is 4.76. The second kappa shape index (κ2) is 12.3. The number of nitrogens with zero attached hydrogens (tertiary/aromatic N) is 2. The molecule has 15 heteroatoms. The van der Waals surface area contributed by atoms with Crippen molar-refractivity contribution in [2.45, 2.75) is 18.0 Å². The van der Waals surface area contributed by atoms with Crippen LogP contribution in [-0.2, 0) is 16.3 Å². The molecule has 0 saturated heterocycles. The molecule has 0 aliphatic heterocycles. The van der Waals surface area contributed by atoms with Gasteiger partial charge in [-0.2, -0.15) is 21.6 Å². The number of amides is 3. The summed E-state index contributed by atoms with van der Waals surface area (Å²) in [5.41, 5.74) is -0.352. The molecular formula is C28H22ClF3N4O6S. The van der Waals surface area contributed by atoms with E-state index in [0.29, 0.717) is 17.0 Å². The molecule has 4 rings (SSSR count). The lowest BCUT2D eigenvalue weighted by molar-refractivity contribution is -0.137.